The smallest absolute Gasteiger partial charge is 0.242 e. The molecule has 0 rings (SSSR count). The first-order chi connectivity index (χ1) is 27.3. The van der Waals surface area contributed by atoms with Gasteiger partial charge in [0.2, 0.25) is 17.7 Å². The lowest BCUT2D eigenvalue weighted by molar-refractivity contribution is -0.132. The molecule has 0 aliphatic rings. The van der Waals surface area contributed by atoms with Gasteiger partial charge in [0.05, 0.1) is 111 Å². The van der Waals surface area contributed by atoms with Crippen molar-refractivity contribution in [2.45, 2.75) is 81.1 Å². The highest BCUT2D eigenvalue weighted by atomic mass is 16.6. The molecule has 338 valence electrons. The molecular formula is C34H67N3O20. The number of hydrogen-bond donors (Lipinski definition) is 13. The highest BCUT2D eigenvalue weighted by Gasteiger charge is 2.32. The summed E-state index contributed by atoms with van der Waals surface area (Å²) in [6, 6.07) is -1.37. The predicted molar refractivity (Wildman–Crippen MR) is 195 cm³/mol. The van der Waals surface area contributed by atoms with E-state index in [9.17, 15) is 55.2 Å². The van der Waals surface area contributed by atoms with Crippen LogP contribution in [0.2, 0.25) is 0 Å². The van der Waals surface area contributed by atoms with Crippen molar-refractivity contribution in [1.29, 1.82) is 0 Å². The van der Waals surface area contributed by atoms with Crippen LogP contribution in [0.15, 0.2) is 0 Å². The van der Waals surface area contributed by atoms with Crippen LogP contribution in [0.1, 0.15) is 26.2 Å². The van der Waals surface area contributed by atoms with E-state index in [1.54, 1.807) is 0 Å². The molecule has 0 aromatic rings. The van der Waals surface area contributed by atoms with E-state index in [0.717, 1.165) is 0 Å². The molecule has 3 amide bonds. The Bertz CT molecular complexity index is 1010. The van der Waals surface area contributed by atoms with E-state index in [1.807, 2.05) is 6.92 Å². The van der Waals surface area contributed by atoms with Gasteiger partial charge in [-0.2, -0.15) is 0 Å². The molecule has 0 radical (unpaired) electrons. The van der Waals surface area contributed by atoms with Gasteiger partial charge in [-0.25, -0.2) is 0 Å². The van der Waals surface area contributed by atoms with Gasteiger partial charge in [-0.3, -0.25) is 14.4 Å². The summed E-state index contributed by atoms with van der Waals surface area (Å²) in [4.78, 5) is 38.0. The van der Waals surface area contributed by atoms with E-state index in [4.69, 9.17) is 43.4 Å². The Morgan fingerprint density at radius 1 is 0.456 bits per heavy atom. The summed E-state index contributed by atoms with van der Waals surface area (Å²) in [6.45, 7) is 4.09. The van der Waals surface area contributed by atoms with Crippen LogP contribution in [0, 0.1) is 0 Å². The van der Waals surface area contributed by atoms with E-state index in [0.29, 0.717) is 72.7 Å². The second kappa shape index (κ2) is 35.7. The Kier molecular flexibility index (Phi) is 34.2. The first-order valence-corrected chi connectivity index (χ1v) is 18.8. The van der Waals surface area contributed by atoms with Crippen LogP contribution in [0.5, 0.6) is 0 Å². The first kappa shape index (κ1) is 54.7. The Hall–Kier alpha value is -2.27. The molecule has 0 aromatic heterocycles. The van der Waals surface area contributed by atoms with E-state index >= 15 is 0 Å². The lowest BCUT2D eigenvalue weighted by Crippen LogP contribution is -2.53. The third-order valence-electron chi connectivity index (χ3n) is 7.87. The molecule has 57 heavy (non-hydrogen) atoms. The normalized spacial score (nSPS) is 16.5. The summed E-state index contributed by atoms with van der Waals surface area (Å²) in [7, 11) is 0. The molecule has 0 fully saturated rings. The van der Waals surface area contributed by atoms with E-state index < -0.39 is 105 Å². The van der Waals surface area contributed by atoms with Crippen molar-refractivity contribution in [2.24, 2.45) is 0 Å². The summed E-state index contributed by atoms with van der Waals surface area (Å²) < 4.78 is 37.5. The molecule has 23 heteroatoms. The van der Waals surface area contributed by atoms with Gasteiger partial charge in [-0.15, -0.1) is 0 Å². The van der Waals surface area contributed by atoms with Gasteiger partial charge < -0.3 is 100 Å². The van der Waals surface area contributed by atoms with Crippen molar-refractivity contribution in [3.8, 4) is 0 Å². The number of carbonyl (C=O) groups is 3. The fraction of sp³-hybridized carbons (Fsp3) is 0.912. The highest BCUT2D eigenvalue weighted by molar-refractivity contribution is 5.88. The molecule has 0 heterocycles. The molecule has 0 aromatic carbocycles. The van der Waals surface area contributed by atoms with Crippen molar-refractivity contribution < 1.29 is 98.6 Å². The average Bonchev–Trinajstić information content (AvgIpc) is 3.21. The van der Waals surface area contributed by atoms with Gasteiger partial charge in [-0.05, 0) is 13.3 Å². The van der Waals surface area contributed by atoms with Crippen LogP contribution in [0.4, 0.5) is 0 Å². The van der Waals surface area contributed by atoms with E-state index in [2.05, 4.69) is 16.0 Å². The Balaban J connectivity index is 4.53. The molecule has 23 nitrogen and oxygen atoms in total. The van der Waals surface area contributed by atoms with Crippen molar-refractivity contribution >= 4 is 17.7 Å². The van der Waals surface area contributed by atoms with Gasteiger partial charge in [0.15, 0.2) is 0 Å². The van der Waals surface area contributed by atoms with Crippen LogP contribution in [-0.2, 0) is 47.5 Å². The Morgan fingerprint density at radius 2 is 0.807 bits per heavy atom. The quantitative estimate of drug-likeness (QED) is 0.0256. The van der Waals surface area contributed by atoms with Crippen LogP contribution in [0.3, 0.4) is 0 Å². The minimum absolute atomic E-state index is 0.0600. The first-order valence-electron chi connectivity index (χ1n) is 18.8. The Morgan fingerprint density at radius 3 is 1.19 bits per heavy atom. The van der Waals surface area contributed by atoms with Crippen molar-refractivity contribution in [3.63, 3.8) is 0 Å². The zero-order chi connectivity index (χ0) is 42.8. The molecule has 13 N–H and O–H groups in total. The molecular weight excluding hydrogens is 770 g/mol. The maximum atomic E-state index is 12.9. The van der Waals surface area contributed by atoms with Gasteiger partial charge in [0.25, 0.3) is 0 Å². The van der Waals surface area contributed by atoms with Gasteiger partial charge in [0.1, 0.15) is 42.7 Å². The van der Waals surface area contributed by atoms with Crippen molar-refractivity contribution in [2.75, 3.05) is 119 Å². The van der Waals surface area contributed by atoms with Crippen LogP contribution in [-0.4, -0.2) is 242 Å². The van der Waals surface area contributed by atoms with Gasteiger partial charge >= 0.3 is 0 Å². The largest absolute Gasteiger partial charge is 0.394 e. The maximum Gasteiger partial charge on any atom is 0.242 e. The fourth-order valence-electron chi connectivity index (χ4n) is 4.44. The van der Waals surface area contributed by atoms with Crippen LogP contribution < -0.4 is 16.0 Å². The van der Waals surface area contributed by atoms with Gasteiger partial charge in [-0.1, -0.05) is 0 Å². The summed E-state index contributed by atoms with van der Waals surface area (Å²) in [5, 5.41) is 103. The van der Waals surface area contributed by atoms with Crippen molar-refractivity contribution in [3.05, 3.63) is 0 Å². The topological polar surface area (TPSA) is 354 Å². The van der Waals surface area contributed by atoms with Crippen LogP contribution >= 0.6 is 0 Å². The number of aliphatic hydroxyl groups excluding tert-OH is 10. The minimum Gasteiger partial charge on any atom is -0.394 e. The molecule has 0 saturated heterocycles. The third-order valence-corrected chi connectivity index (χ3v) is 7.87. The number of aliphatic hydroxyl groups is 10. The number of rotatable bonds is 39. The second-order valence-corrected chi connectivity index (χ2v) is 12.4. The summed E-state index contributed by atoms with van der Waals surface area (Å²) in [5.74, 6) is -2.31. The second-order valence-electron chi connectivity index (χ2n) is 12.4. The number of amides is 3. The maximum absolute atomic E-state index is 12.9. The zero-order valence-corrected chi connectivity index (χ0v) is 32.6. The molecule has 9 atom stereocenters. The van der Waals surface area contributed by atoms with Gasteiger partial charge in [0, 0.05) is 32.5 Å². The Labute approximate surface area is 332 Å². The number of hydrogen-bond acceptors (Lipinski definition) is 20. The van der Waals surface area contributed by atoms with E-state index in [-0.39, 0.29) is 32.7 Å². The summed E-state index contributed by atoms with van der Waals surface area (Å²) in [5.41, 5.74) is 0. The molecule has 0 aliphatic carbocycles. The van der Waals surface area contributed by atoms with Crippen LogP contribution in [0.25, 0.3) is 0 Å². The van der Waals surface area contributed by atoms with Crippen molar-refractivity contribution in [1.82, 2.24) is 16.0 Å². The molecule has 0 aliphatic heterocycles. The third kappa shape index (κ3) is 27.9. The van der Waals surface area contributed by atoms with E-state index in [1.165, 1.54) is 0 Å². The summed E-state index contributed by atoms with van der Waals surface area (Å²) >= 11 is 0. The number of ether oxygens (including phenoxy) is 7. The summed E-state index contributed by atoms with van der Waals surface area (Å²) in [6.07, 6.45) is -15.8. The lowest BCUT2D eigenvalue weighted by Gasteiger charge is -2.26. The standard InChI is InChI=1S/C34H67N3O20/c1-2-51-7-8-53-11-12-55-15-16-57-18-17-56-14-13-54-10-9-52-6-5-29(45)37-23(34(50)36-20-25(41)31(47)33(49)27(43)22-39)3-4-28(44)35-19-24(40)30(46)32(48)26(42)21-38/h23-27,30-33,38-43,46-49H,2-22H2,1H3,(H,35,44)(H,36,50)(H,37,45)/t23-,24-,25-,26+,27+,30+,31+,32+,33+/m0/s1. The highest BCUT2D eigenvalue weighted by Crippen LogP contribution is 2.07. The molecule has 0 saturated carbocycles. The monoisotopic (exact) mass is 837 g/mol. The number of nitrogens with one attached hydrogen (secondary N) is 3. The SMILES string of the molecule is CCOCCOCCOCCOCCOCCOCCOCCC(=O)N[C@@H](CCC(=O)NC[C@H](O)[C@@H](O)[C@H](O)[C@H](O)CO)C(=O)NC[C@H](O)[C@@H](O)[C@H](O)[C@H](O)CO. The predicted octanol–water partition coefficient (Wildman–Crippen LogP) is -7.12. The minimum atomic E-state index is -1.97. The molecule has 0 unspecified atom stereocenters. The fourth-order valence-corrected chi connectivity index (χ4v) is 4.44. The zero-order valence-electron chi connectivity index (χ0n) is 32.6. The molecule has 0 spiro atoms. The average molecular weight is 838 g/mol. The lowest BCUT2D eigenvalue weighted by atomic mass is 10.0. The number of carbonyl (C=O) groups excluding carboxylic acids is 3. The molecule has 0 bridgehead atoms.